The fourth-order valence-electron chi connectivity index (χ4n) is 10.8. The van der Waals surface area contributed by atoms with E-state index < -0.39 is 0 Å². The Morgan fingerprint density at radius 2 is 0.617 bits per heavy atom. The largest absolute Gasteiger partial charge is 0.462 e. The van der Waals surface area contributed by atoms with Gasteiger partial charge in [0.1, 0.15) is 12.2 Å². The highest BCUT2D eigenvalue weighted by Crippen LogP contribution is 2.41. The van der Waals surface area contributed by atoms with Crippen LogP contribution in [0, 0.1) is 11.8 Å². The molecule has 0 aliphatic carbocycles. The van der Waals surface area contributed by atoms with Gasteiger partial charge in [-0.1, -0.05) is 180 Å². The maximum atomic E-state index is 12.9. The predicted octanol–water partition coefficient (Wildman–Crippen LogP) is 15.1. The zero-order valence-electron chi connectivity index (χ0n) is 41.7. The van der Waals surface area contributed by atoms with Gasteiger partial charge in [0.25, 0.3) is 0 Å². The molecule has 350 valence electrons. The van der Waals surface area contributed by atoms with E-state index in [9.17, 15) is 9.59 Å². The molecule has 2 heterocycles. The molecule has 0 N–H and O–H groups in total. The molecule has 2 saturated heterocycles. The number of hydrogen-bond donors (Lipinski definition) is 0. The van der Waals surface area contributed by atoms with Crippen LogP contribution in [0.5, 0.6) is 0 Å². The lowest BCUT2D eigenvalue weighted by Gasteiger charge is -2.54. The highest BCUT2D eigenvalue weighted by molar-refractivity contribution is 5.70. The number of nitrogens with zero attached hydrogens (tertiary/aromatic N) is 2. The van der Waals surface area contributed by atoms with Crippen molar-refractivity contribution < 1.29 is 19.1 Å². The Balaban J connectivity index is 1.67. The molecule has 2 rings (SSSR count). The van der Waals surface area contributed by atoms with Crippen molar-refractivity contribution in [3.8, 4) is 11.8 Å². The molecule has 0 aromatic carbocycles. The third-order valence-electron chi connectivity index (χ3n) is 14.0. The lowest BCUT2D eigenvalue weighted by Crippen LogP contribution is -2.62. The Bertz CT molecular complexity index is 1090. The number of carbonyl (C=O) groups excluding carboxylic acids is 2. The van der Waals surface area contributed by atoms with Crippen LogP contribution in [0.2, 0.25) is 0 Å². The molecule has 0 radical (unpaired) electrons. The van der Waals surface area contributed by atoms with Crippen molar-refractivity contribution in [1.82, 2.24) is 9.80 Å². The fourth-order valence-corrected chi connectivity index (χ4v) is 10.8. The molecular weight excluding hydrogens is 741 g/mol. The van der Waals surface area contributed by atoms with Gasteiger partial charge in [-0.15, -0.1) is 0 Å². The molecule has 2 fully saturated rings. The van der Waals surface area contributed by atoms with Gasteiger partial charge in [0.2, 0.25) is 0 Å². The van der Waals surface area contributed by atoms with Gasteiger partial charge in [-0.25, -0.2) is 0 Å². The van der Waals surface area contributed by atoms with E-state index >= 15 is 0 Å². The standard InChI is InChI=1S/C54H100N2O4/c1-11-13-15-17-19-21-23-25-27-29-31-33-35-39-49(57)59-47-43-51(3,4)55(52(5,6)44-47)41-37-38-42-56-53(7,8)45-48(46-54(56,9)10)60-50(58)40-36-34-32-30-28-26-24-22-20-18-16-14-12-2/h47-48H,11-36,39-46H2,1-10H3. The van der Waals surface area contributed by atoms with Crippen molar-refractivity contribution in [2.45, 2.75) is 309 Å². The van der Waals surface area contributed by atoms with Crippen LogP contribution in [0.15, 0.2) is 0 Å². The second-order valence-corrected chi connectivity index (χ2v) is 21.8. The topological polar surface area (TPSA) is 59.1 Å². The predicted molar refractivity (Wildman–Crippen MR) is 256 cm³/mol. The first-order valence-electron chi connectivity index (χ1n) is 25.9. The summed E-state index contributed by atoms with van der Waals surface area (Å²) < 4.78 is 12.2. The normalized spacial score (nSPS) is 19.2. The van der Waals surface area contributed by atoms with E-state index in [-0.39, 0.29) is 46.3 Å². The average molecular weight is 841 g/mol. The van der Waals surface area contributed by atoms with E-state index in [0.29, 0.717) is 25.9 Å². The molecule has 2 aliphatic heterocycles. The lowest BCUT2D eigenvalue weighted by molar-refractivity contribution is -0.161. The van der Waals surface area contributed by atoms with Crippen molar-refractivity contribution in [3.05, 3.63) is 0 Å². The van der Waals surface area contributed by atoms with Crippen LogP contribution >= 0.6 is 0 Å². The second-order valence-electron chi connectivity index (χ2n) is 21.8. The summed E-state index contributed by atoms with van der Waals surface area (Å²) >= 11 is 0. The van der Waals surface area contributed by atoms with Crippen LogP contribution in [0.3, 0.4) is 0 Å². The van der Waals surface area contributed by atoms with E-state index in [1.807, 2.05) is 0 Å². The van der Waals surface area contributed by atoms with Crippen molar-refractivity contribution in [2.75, 3.05) is 13.1 Å². The van der Waals surface area contributed by atoms with Gasteiger partial charge in [-0.05, 0) is 68.2 Å². The van der Waals surface area contributed by atoms with Gasteiger partial charge in [-0.2, -0.15) is 0 Å². The molecule has 6 heteroatoms. The minimum Gasteiger partial charge on any atom is -0.462 e. The van der Waals surface area contributed by atoms with Gasteiger partial charge >= 0.3 is 11.9 Å². The molecule has 0 amide bonds. The van der Waals surface area contributed by atoms with Crippen molar-refractivity contribution in [2.24, 2.45) is 0 Å². The van der Waals surface area contributed by atoms with Crippen LogP contribution in [0.4, 0.5) is 0 Å². The number of carbonyl (C=O) groups is 2. The number of ether oxygens (including phenoxy) is 2. The summed E-state index contributed by atoms with van der Waals surface area (Å²) in [5.74, 6) is 7.06. The van der Waals surface area contributed by atoms with Crippen LogP contribution in [0.1, 0.15) is 275 Å². The molecule has 60 heavy (non-hydrogen) atoms. The number of esters is 2. The molecule has 0 saturated carbocycles. The van der Waals surface area contributed by atoms with Crippen LogP contribution in [-0.2, 0) is 19.1 Å². The van der Waals surface area contributed by atoms with Crippen LogP contribution < -0.4 is 0 Å². The minimum absolute atomic E-state index is 0.0264. The number of piperidine rings is 2. The molecule has 0 aromatic heterocycles. The second kappa shape index (κ2) is 29.7. The van der Waals surface area contributed by atoms with Gasteiger partial charge in [-0.3, -0.25) is 19.4 Å². The summed E-state index contributed by atoms with van der Waals surface area (Å²) in [6.45, 7) is 24.2. The molecule has 0 atom stereocenters. The monoisotopic (exact) mass is 841 g/mol. The smallest absolute Gasteiger partial charge is 0.306 e. The maximum Gasteiger partial charge on any atom is 0.306 e. The van der Waals surface area contributed by atoms with Crippen LogP contribution in [-0.4, -0.2) is 69.2 Å². The molecule has 2 aliphatic rings. The molecule has 0 aromatic rings. The summed E-state index contributed by atoms with van der Waals surface area (Å²) in [6, 6.07) is 0. The van der Waals surface area contributed by atoms with E-state index in [0.717, 1.165) is 51.4 Å². The summed E-state index contributed by atoms with van der Waals surface area (Å²) in [6.07, 6.45) is 38.3. The lowest BCUT2D eigenvalue weighted by atomic mass is 9.78. The minimum atomic E-state index is -0.134. The maximum absolute atomic E-state index is 12.9. The third-order valence-corrected chi connectivity index (χ3v) is 14.0. The summed E-state index contributed by atoms with van der Waals surface area (Å²) in [7, 11) is 0. The van der Waals surface area contributed by atoms with E-state index in [1.54, 1.807) is 0 Å². The molecular formula is C54H100N2O4. The fraction of sp³-hybridized carbons (Fsp3) is 0.926. The Kier molecular flexibility index (Phi) is 27.0. The number of hydrogen-bond acceptors (Lipinski definition) is 6. The third kappa shape index (κ3) is 22.7. The Hall–Kier alpha value is -1.58. The average Bonchev–Trinajstić information content (AvgIpc) is 3.14. The Morgan fingerprint density at radius 3 is 0.850 bits per heavy atom. The van der Waals surface area contributed by atoms with Crippen molar-refractivity contribution in [3.63, 3.8) is 0 Å². The Labute approximate surface area is 373 Å². The zero-order valence-corrected chi connectivity index (χ0v) is 41.7. The van der Waals surface area contributed by atoms with Crippen molar-refractivity contribution >= 4 is 11.9 Å². The van der Waals surface area contributed by atoms with Gasteiger partial charge in [0.15, 0.2) is 0 Å². The van der Waals surface area contributed by atoms with E-state index in [2.05, 4.69) is 90.9 Å². The van der Waals surface area contributed by atoms with Gasteiger partial charge < -0.3 is 9.47 Å². The number of rotatable bonds is 32. The van der Waals surface area contributed by atoms with Gasteiger partial charge in [0, 0.05) is 60.7 Å². The Morgan fingerprint density at radius 1 is 0.400 bits per heavy atom. The summed E-state index contributed by atoms with van der Waals surface area (Å²) in [5.41, 5.74) is -0.537. The SMILES string of the molecule is CCCCCCCCCCCCCCCC(=O)OC1CC(C)(C)N(CC#CCN2C(C)(C)CC(OC(=O)CCCCCCCCCCCCCCC)CC2(C)C)C(C)(C)C1. The van der Waals surface area contributed by atoms with Crippen LogP contribution in [0.25, 0.3) is 0 Å². The zero-order chi connectivity index (χ0) is 44.3. The van der Waals surface area contributed by atoms with Crippen molar-refractivity contribution in [1.29, 1.82) is 0 Å². The first-order valence-corrected chi connectivity index (χ1v) is 25.9. The number of unbranched alkanes of at least 4 members (excludes halogenated alkanes) is 24. The molecule has 6 nitrogen and oxygen atoms in total. The molecule has 0 spiro atoms. The summed E-state index contributed by atoms with van der Waals surface area (Å²) in [4.78, 5) is 30.8. The first-order chi connectivity index (χ1) is 28.5. The quantitative estimate of drug-likeness (QED) is 0.0382. The van der Waals surface area contributed by atoms with E-state index in [1.165, 1.54) is 141 Å². The summed E-state index contributed by atoms with van der Waals surface area (Å²) in [5, 5.41) is 0. The van der Waals surface area contributed by atoms with Gasteiger partial charge in [0.05, 0.1) is 13.1 Å². The highest BCUT2D eigenvalue weighted by atomic mass is 16.5. The molecule has 0 unspecified atom stereocenters. The molecule has 0 bridgehead atoms. The van der Waals surface area contributed by atoms with E-state index in [4.69, 9.17) is 9.47 Å². The number of likely N-dealkylation sites (tertiary alicyclic amines) is 2. The first kappa shape index (κ1) is 54.6. The highest BCUT2D eigenvalue weighted by Gasteiger charge is 2.47.